The highest BCUT2D eigenvalue weighted by Gasteiger charge is 2.25. The predicted octanol–water partition coefficient (Wildman–Crippen LogP) is 0.0532. The van der Waals surface area contributed by atoms with E-state index in [-0.39, 0.29) is 12.4 Å². The molecule has 0 unspecified atom stereocenters. The fraction of sp³-hybridized carbons (Fsp3) is 0.833. The lowest BCUT2D eigenvalue weighted by atomic mass is 10.1. The summed E-state index contributed by atoms with van der Waals surface area (Å²) in [4.78, 5) is 21.7. The molecule has 0 bridgehead atoms. The van der Waals surface area contributed by atoms with Gasteiger partial charge in [-0.1, -0.05) is 13.8 Å². The molecular weight excluding hydrogens is 286 g/mol. The van der Waals surface area contributed by atoms with Gasteiger partial charge in [0.2, 0.25) is 5.91 Å². The van der Waals surface area contributed by atoms with Crippen LogP contribution in [-0.2, 0) is 24.2 Å². The van der Waals surface area contributed by atoms with Crippen LogP contribution in [0.3, 0.4) is 0 Å². The fourth-order valence-corrected chi connectivity index (χ4v) is 2.64. The SMILES string of the molecule is CC(=O)N[C@@H](CS(=O)(=O)CCOCCC(C)C)C(=O)O. The molecule has 0 aliphatic heterocycles. The lowest BCUT2D eigenvalue weighted by Gasteiger charge is -2.13. The smallest absolute Gasteiger partial charge is 0.327 e. The van der Waals surface area contributed by atoms with Crippen molar-refractivity contribution in [3.8, 4) is 0 Å². The van der Waals surface area contributed by atoms with E-state index in [0.717, 1.165) is 13.3 Å². The van der Waals surface area contributed by atoms with E-state index in [1.165, 1.54) is 0 Å². The molecule has 0 heterocycles. The minimum absolute atomic E-state index is 0.0292. The van der Waals surface area contributed by atoms with Gasteiger partial charge < -0.3 is 15.2 Å². The van der Waals surface area contributed by atoms with Crippen LogP contribution in [0, 0.1) is 5.92 Å². The molecule has 0 fully saturated rings. The summed E-state index contributed by atoms with van der Waals surface area (Å²) >= 11 is 0. The maximum absolute atomic E-state index is 11.7. The topological polar surface area (TPSA) is 110 Å². The van der Waals surface area contributed by atoms with Crippen molar-refractivity contribution in [1.29, 1.82) is 0 Å². The van der Waals surface area contributed by atoms with Crippen LogP contribution < -0.4 is 5.32 Å². The first kappa shape index (κ1) is 18.9. The molecule has 0 aromatic rings. The van der Waals surface area contributed by atoms with Gasteiger partial charge in [0.15, 0.2) is 9.84 Å². The molecule has 20 heavy (non-hydrogen) atoms. The van der Waals surface area contributed by atoms with Crippen LogP contribution in [0.4, 0.5) is 0 Å². The largest absolute Gasteiger partial charge is 0.480 e. The van der Waals surface area contributed by atoms with Crippen molar-refractivity contribution in [2.24, 2.45) is 5.92 Å². The van der Waals surface area contributed by atoms with Crippen LogP contribution in [0.2, 0.25) is 0 Å². The van der Waals surface area contributed by atoms with Crippen LogP contribution in [0.15, 0.2) is 0 Å². The van der Waals surface area contributed by atoms with Crippen molar-refractivity contribution in [2.45, 2.75) is 33.2 Å². The predicted molar refractivity (Wildman–Crippen MR) is 74.2 cm³/mol. The van der Waals surface area contributed by atoms with Crippen molar-refractivity contribution in [3.05, 3.63) is 0 Å². The second-order valence-electron chi connectivity index (χ2n) is 5.00. The highest BCUT2D eigenvalue weighted by atomic mass is 32.2. The lowest BCUT2D eigenvalue weighted by molar-refractivity contribution is -0.140. The van der Waals surface area contributed by atoms with E-state index in [1.54, 1.807) is 0 Å². The van der Waals surface area contributed by atoms with Crippen LogP contribution >= 0.6 is 0 Å². The molecule has 0 saturated heterocycles. The van der Waals surface area contributed by atoms with E-state index in [0.29, 0.717) is 12.5 Å². The Kier molecular flexibility index (Phi) is 8.40. The molecule has 1 atom stereocenters. The van der Waals surface area contributed by atoms with Gasteiger partial charge in [-0.15, -0.1) is 0 Å². The molecule has 0 aliphatic rings. The Morgan fingerprint density at radius 2 is 1.85 bits per heavy atom. The van der Waals surface area contributed by atoms with Gasteiger partial charge in [0, 0.05) is 13.5 Å². The number of hydrogen-bond donors (Lipinski definition) is 2. The first-order valence-electron chi connectivity index (χ1n) is 6.42. The summed E-state index contributed by atoms with van der Waals surface area (Å²) in [6.07, 6.45) is 0.837. The average Bonchev–Trinajstić information content (AvgIpc) is 2.25. The molecule has 0 saturated carbocycles. The molecule has 0 aliphatic carbocycles. The van der Waals surface area contributed by atoms with Crippen molar-refractivity contribution in [2.75, 3.05) is 24.7 Å². The minimum atomic E-state index is -3.59. The Morgan fingerprint density at radius 1 is 1.25 bits per heavy atom. The fourth-order valence-electron chi connectivity index (χ4n) is 1.36. The quantitative estimate of drug-likeness (QED) is 0.552. The van der Waals surface area contributed by atoms with Crippen LogP contribution in [0.1, 0.15) is 27.2 Å². The second-order valence-corrected chi connectivity index (χ2v) is 7.23. The Hall–Kier alpha value is -1.15. The molecule has 2 N–H and O–H groups in total. The van der Waals surface area contributed by atoms with E-state index in [9.17, 15) is 18.0 Å². The van der Waals surface area contributed by atoms with Gasteiger partial charge in [-0.2, -0.15) is 0 Å². The number of sulfone groups is 1. The van der Waals surface area contributed by atoms with E-state index in [2.05, 4.69) is 5.32 Å². The maximum Gasteiger partial charge on any atom is 0.327 e. The standard InChI is InChI=1S/C12H23NO6S/c1-9(2)4-5-19-6-7-20(17,18)8-11(12(15)16)13-10(3)14/h9,11H,4-8H2,1-3H3,(H,13,14)(H,15,16)/t11-/m0/s1. The van der Waals surface area contributed by atoms with Crippen molar-refractivity contribution >= 4 is 21.7 Å². The minimum Gasteiger partial charge on any atom is -0.480 e. The van der Waals surface area contributed by atoms with Crippen molar-refractivity contribution in [3.63, 3.8) is 0 Å². The van der Waals surface area contributed by atoms with E-state index >= 15 is 0 Å². The zero-order valence-corrected chi connectivity index (χ0v) is 12.9. The van der Waals surface area contributed by atoms with Gasteiger partial charge in [0.05, 0.1) is 18.1 Å². The third-order valence-electron chi connectivity index (χ3n) is 2.47. The highest BCUT2D eigenvalue weighted by molar-refractivity contribution is 7.91. The van der Waals surface area contributed by atoms with E-state index in [4.69, 9.17) is 9.84 Å². The molecule has 8 heteroatoms. The number of hydrogen-bond acceptors (Lipinski definition) is 5. The average molecular weight is 309 g/mol. The number of carboxylic acids is 1. The molecule has 0 spiro atoms. The van der Waals surface area contributed by atoms with Crippen molar-refractivity contribution < 1.29 is 27.9 Å². The molecule has 1 amide bonds. The molecule has 0 radical (unpaired) electrons. The summed E-state index contributed by atoms with van der Waals surface area (Å²) in [5, 5.41) is 10.9. The van der Waals surface area contributed by atoms with Crippen LogP contribution in [-0.4, -0.2) is 56.2 Å². The number of aliphatic carboxylic acids is 1. The zero-order valence-electron chi connectivity index (χ0n) is 12.1. The first-order valence-corrected chi connectivity index (χ1v) is 8.24. The normalized spacial score (nSPS) is 13.2. The number of nitrogens with one attached hydrogen (secondary N) is 1. The number of carbonyl (C=O) groups is 2. The maximum atomic E-state index is 11.7. The second kappa shape index (κ2) is 8.91. The molecule has 0 rings (SSSR count). The Labute approximate surface area is 119 Å². The third kappa shape index (κ3) is 9.74. The van der Waals surface area contributed by atoms with E-state index in [1.807, 2.05) is 13.8 Å². The summed E-state index contributed by atoms with van der Waals surface area (Å²) < 4.78 is 28.6. The molecule has 7 nitrogen and oxygen atoms in total. The summed E-state index contributed by atoms with van der Waals surface area (Å²) in [7, 11) is -3.59. The molecule has 0 aromatic carbocycles. The van der Waals surface area contributed by atoms with Gasteiger partial charge in [-0.25, -0.2) is 13.2 Å². The summed E-state index contributed by atoms with van der Waals surface area (Å²) in [5.41, 5.74) is 0. The summed E-state index contributed by atoms with van der Waals surface area (Å²) in [6, 6.07) is -1.42. The Morgan fingerprint density at radius 3 is 2.30 bits per heavy atom. The van der Waals surface area contributed by atoms with Crippen LogP contribution in [0.5, 0.6) is 0 Å². The van der Waals surface area contributed by atoms with Gasteiger partial charge in [0.25, 0.3) is 0 Å². The lowest BCUT2D eigenvalue weighted by Crippen LogP contribution is -2.45. The summed E-state index contributed by atoms with van der Waals surface area (Å²) in [6.45, 7) is 5.70. The van der Waals surface area contributed by atoms with Crippen LogP contribution in [0.25, 0.3) is 0 Å². The van der Waals surface area contributed by atoms with Gasteiger partial charge in [0.1, 0.15) is 6.04 Å². The van der Waals surface area contributed by atoms with E-state index < -0.39 is 33.5 Å². The number of amides is 1. The number of carbonyl (C=O) groups excluding carboxylic acids is 1. The van der Waals surface area contributed by atoms with Gasteiger partial charge in [-0.3, -0.25) is 4.79 Å². The van der Waals surface area contributed by atoms with Gasteiger partial charge in [-0.05, 0) is 12.3 Å². The third-order valence-corrected chi connectivity index (χ3v) is 4.10. The number of rotatable bonds is 10. The monoisotopic (exact) mass is 309 g/mol. The highest BCUT2D eigenvalue weighted by Crippen LogP contribution is 2.00. The van der Waals surface area contributed by atoms with Gasteiger partial charge >= 0.3 is 5.97 Å². The molecule has 0 aromatic heterocycles. The molecular formula is C12H23NO6S. The summed E-state index contributed by atoms with van der Waals surface area (Å²) in [5.74, 6) is -2.36. The van der Waals surface area contributed by atoms with Crippen molar-refractivity contribution in [1.82, 2.24) is 5.32 Å². The zero-order chi connectivity index (χ0) is 15.8. The Bertz CT molecular complexity index is 418. The Balaban J connectivity index is 4.21. The number of carboxylic acid groups (broad SMARTS) is 1. The number of ether oxygens (including phenoxy) is 1. The molecule has 118 valence electrons. The first-order chi connectivity index (χ1) is 9.14.